The first kappa shape index (κ1) is 14.3. The van der Waals surface area contributed by atoms with Crippen LogP contribution in [0.4, 0.5) is 5.69 Å². The van der Waals surface area contributed by atoms with E-state index in [0.717, 1.165) is 16.8 Å². The molecule has 0 aliphatic carbocycles. The molecule has 0 saturated carbocycles. The van der Waals surface area contributed by atoms with E-state index in [1.54, 1.807) is 0 Å². The molecule has 2 aromatic rings. The van der Waals surface area contributed by atoms with E-state index < -0.39 is 0 Å². The van der Waals surface area contributed by atoms with Crippen LogP contribution in [0.15, 0.2) is 42.5 Å². The number of carbonyl (C=O) groups excluding carboxylic acids is 1. The third kappa shape index (κ3) is 3.27. The fraction of sp³-hybridized carbons (Fsp3) is 0.278. The highest BCUT2D eigenvalue weighted by molar-refractivity contribution is 6.05. The molecule has 104 valence electrons. The van der Waals surface area contributed by atoms with Crippen LogP contribution < -0.4 is 5.32 Å². The van der Waals surface area contributed by atoms with E-state index in [4.69, 9.17) is 0 Å². The molecule has 0 unspecified atom stereocenters. The van der Waals surface area contributed by atoms with Crippen molar-refractivity contribution in [1.29, 1.82) is 0 Å². The third-order valence-electron chi connectivity index (χ3n) is 3.44. The summed E-state index contributed by atoms with van der Waals surface area (Å²) in [5, 5.41) is 2.97. The summed E-state index contributed by atoms with van der Waals surface area (Å²) in [4.78, 5) is 12.3. The molecule has 20 heavy (non-hydrogen) atoms. The van der Waals surface area contributed by atoms with Crippen molar-refractivity contribution >= 4 is 11.6 Å². The maximum Gasteiger partial charge on any atom is 0.255 e. The Morgan fingerprint density at radius 1 is 1.05 bits per heavy atom. The van der Waals surface area contributed by atoms with E-state index in [-0.39, 0.29) is 5.91 Å². The van der Waals surface area contributed by atoms with Gasteiger partial charge in [-0.2, -0.15) is 0 Å². The van der Waals surface area contributed by atoms with Gasteiger partial charge in [-0.05, 0) is 49.1 Å². The first-order valence-electron chi connectivity index (χ1n) is 6.96. The summed E-state index contributed by atoms with van der Waals surface area (Å²) in [6.07, 6.45) is 0. The molecule has 0 radical (unpaired) electrons. The van der Waals surface area contributed by atoms with Crippen molar-refractivity contribution in [1.82, 2.24) is 0 Å². The van der Waals surface area contributed by atoms with E-state index in [1.165, 1.54) is 11.1 Å². The zero-order chi connectivity index (χ0) is 14.7. The maximum absolute atomic E-state index is 12.3. The van der Waals surface area contributed by atoms with E-state index in [2.05, 4.69) is 25.2 Å². The first-order valence-corrected chi connectivity index (χ1v) is 6.96. The second-order valence-corrected chi connectivity index (χ2v) is 5.55. The molecule has 0 fully saturated rings. The average molecular weight is 267 g/mol. The van der Waals surface area contributed by atoms with Crippen LogP contribution in [0.2, 0.25) is 0 Å². The SMILES string of the molecule is Cc1ccc(C(=O)Nc2cccc(C(C)C)c2)c(C)c1. The molecule has 0 aromatic heterocycles. The van der Waals surface area contributed by atoms with Crippen LogP contribution in [0.25, 0.3) is 0 Å². The number of carbonyl (C=O) groups is 1. The normalized spacial score (nSPS) is 10.7. The van der Waals surface area contributed by atoms with Gasteiger partial charge in [0.1, 0.15) is 0 Å². The lowest BCUT2D eigenvalue weighted by molar-refractivity contribution is 0.102. The Balaban J connectivity index is 2.21. The highest BCUT2D eigenvalue weighted by atomic mass is 16.1. The Bertz CT molecular complexity index is 629. The van der Waals surface area contributed by atoms with Gasteiger partial charge >= 0.3 is 0 Å². The zero-order valence-corrected chi connectivity index (χ0v) is 12.5. The number of nitrogens with one attached hydrogen (secondary N) is 1. The van der Waals surface area contributed by atoms with Gasteiger partial charge < -0.3 is 5.32 Å². The Labute approximate surface area is 120 Å². The van der Waals surface area contributed by atoms with Gasteiger partial charge in [0, 0.05) is 11.3 Å². The highest BCUT2D eigenvalue weighted by Crippen LogP contribution is 2.19. The molecule has 0 aliphatic rings. The quantitative estimate of drug-likeness (QED) is 0.859. The Hall–Kier alpha value is -2.09. The topological polar surface area (TPSA) is 29.1 Å². The smallest absolute Gasteiger partial charge is 0.255 e. The van der Waals surface area contributed by atoms with Crippen LogP contribution >= 0.6 is 0 Å². The van der Waals surface area contributed by atoms with Crippen molar-refractivity contribution in [3.8, 4) is 0 Å². The van der Waals surface area contributed by atoms with Gasteiger partial charge in [-0.3, -0.25) is 4.79 Å². The molecule has 0 heterocycles. The van der Waals surface area contributed by atoms with Crippen LogP contribution in [0.1, 0.15) is 46.8 Å². The molecule has 0 spiro atoms. The van der Waals surface area contributed by atoms with Crippen molar-refractivity contribution in [2.75, 3.05) is 5.32 Å². The Morgan fingerprint density at radius 2 is 1.80 bits per heavy atom. The second kappa shape index (κ2) is 5.91. The van der Waals surface area contributed by atoms with Gasteiger partial charge in [-0.25, -0.2) is 0 Å². The van der Waals surface area contributed by atoms with Gasteiger partial charge in [-0.1, -0.05) is 43.7 Å². The number of aryl methyl sites for hydroxylation is 2. The van der Waals surface area contributed by atoms with Crippen molar-refractivity contribution in [2.45, 2.75) is 33.6 Å². The predicted octanol–water partition coefficient (Wildman–Crippen LogP) is 4.68. The molecule has 0 atom stereocenters. The molecule has 2 nitrogen and oxygen atoms in total. The molecule has 0 aliphatic heterocycles. The van der Waals surface area contributed by atoms with Crippen LogP contribution in [0, 0.1) is 13.8 Å². The Kier molecular flexibility index (Phi) is 4.23. The van der Waals surface area contributed by atoms with Crippen LogP contribution in [0.3, 0.4) is 0 Å². The lowest BCUT2D eigenvalue weighted by Gasteiger charge is -2.11. The second-order valence-electron chi connectivity index (χ2n) is 5.55. The van der Waals surface area contributed by atoms with Crippen molar-refractivity contribution in [3.05, 3.63) is 64.7 Å². The van der Waals surface area contributed by atoms with Crippen molar-refractivity contribution in [3.63, 3.8) is 0 Å². The molecular formula is C18H21NO. The number of rotatable bonds is 3. The zero-order valence-electron chi connectivity index (χ0n) is 12.5. The van der Waals surface area contributed by atoms with E-state index >= 15 is 0 Å². The summed E-state index contributed by atoms with van der Waals surface area (Å²) in [5.41, 5.74) is 4.97. The van der Waals surface area contributed by atoms with Gasteiger partial charge in [0.05, 0.1) is 0 Å². The lowest BCUT2D eigenvalue weighted by atomic mass is 10.0. The minimum atomic E-state index is -0.0524. The summed E-state index contributed by atoms with van der Waals surface area (Å²) in [7, 11) is 0. The standard InChI is InChI=1S/C18H21NO/c1-12(2)15-6-5-7-16(11-15)19-18(20)17-9-8-13(3)10-14(17)4/h5-12H,1-4H3,(H,19,20). The Morgan fingerprint density at radius 3 is 2.45 bits per heavy atom. The maximum atomic E-state index is 12.3. The van der Waals surface area contributed by atoms with E-state index in [1.807, 2.05) is 50.2 Å². The van der Waals surface area contributed by atoms with Crippen molar-refractivity contribution in [2.24, 2.45) is 0 Å². The minimum Gasteiger partial charge on any atom is -0.322 e. The fourth-order valence-electron chi connectivity index (χ4n) is 2.24. The number of benzene rings is 2. The summed E-state index contributed by atoms with van der Waals surface area (Å²) >= 11 is 0. The molecule has 2 aromatic carbocycles. The van der Waals surface area contributed by atoms with Gasteiger partial charge in [-0.15, -0.1) is 0 Å². The van der Waals surface area contributed by atoms with Crippen molar-refractivity contribution < 1.29 is 4.79 Å². The summed E-state index contributed by atoms with van der Waals surface area (Å²) in [6, 6.07) is 13.9. The summed E-state index contributed by atoms with van der Waals surface area (Å²) < 4.78 is 0. The largest absolute Gasteiger partial charge is 0.322 e. The summed E-state index contributed by atoms with van der Waals surface area (Å²) in [5.74, 6) is 0.399. The minimum absolute atomic E-state index is 0.0524. The molecule has 2 heteroatoms. The molecule has 2 rings (SSSR count). The third-order valence-corrected chi connectivity index (χ3v) is 3.44. The van der Waals surface area contributed by atoms with Crippen LogP contribution in [0.5, 0.6) is 0 Å². The molecule has 1 N–H and O–H groups in total. The molecular weight excluding hydrogens is 246 g/mol. The number of hydrogen-bond donors (Lipinski definition) is 1. The number of hydrogen-bond acceptors (Lipinski definition) is 1. The molecule has 1 amide bonds. The van der Waals surface area contributed by atoms with Gasteiger partial charge in [0.15, 0.2) is 0 Å². The predicted molar refractivity (Wildman–Crippen MR) is 84.4 cm³/mol. The number of anilines is 1. The summed E-state index contributed by atoms with van der Waals surface area (Å²) in [6.45, 7) is 8.28. The molecule has 0 bridgehead atoms. The average Bonchev–Trinajstić information content (AvgIpc) is 2.38. The first-order chi connectivity index (χ1) is 9.47. The van der Waals surface area contributed by atoms with E-state index in [9.17, 15) is 4.79 Å². The van der Waals surface area contributed by atoms with Gasteiger partial charge in [0.25, 0.3) is 5.91 Å². The highest BCUT2D eigenvalue weighted by Gasteiger charge is 2.09. The van der Waals surface area contributed by atoms with Crippen LogP contribution in [-0.4, -0.2) is 5.91 Å². The fourth-order valence-corrected chi connectivity index (χ4v) is 2.24. The monoisotopic (exact) mass is 267 g/mol. The van der Waals surface area contributed by atoms with E-state index in [0.29, 0.717) is 5.92 Å². The molecule has 0 saturated heterocycles. The lowest BCUT2D eigenvalue weighted by Crippen LogP contribution is -2.13. The van der Waals surface area contributed by atoms with Crippen LogP contribution in [-0.2, 0) is 0 Å². The number of amides is 1. The van der Waals surface area contributed by atoms with Gasteiger partial charge in [0.2, 0.25) is 0 Å².